The van der Waals surface area contributed by atoms with Crippen molar-refractivity contribution in [3.05, 3.63) is 17.7 Å². The minimum absolute atomic E-state index is 0.0376. The monoisotopic (exact) mass is 276 g/mol. The average Bonchev–Trinajstić information content (AvgIpc) is 2.14. The number of carbonyl (C=O) groups is 2. The highest BCUT2D eigenvalue weighted by atomic mass is 35.7. The zero-order valence-electron chi connectivity index (χ0n) is 9.02. The molecule has 1 aromatic heterocycles. The summed E-state index contributed by atoms with van der Waals surface area (Å²) in [5, 5.41) is 1.81. The van der Waals surface area contributed by atoms with Crippen LogP contribution in [0.3, 0.4) is 0 Å². The van der Waals surface area contributed by atoms with E-state index in [0.29, 0.717) is 0 Å². The second-order valence-corrected chi connectivity index (χ2v) is 5.77. The lowest BCUT2D eigenvalue weighted by Crippen LogP contribution is -2.10. The number of amides is 1. The minimum Gasteiger partial charge on any atom is -0.311 e. The van der Waals surface area contributed by atoms with Gasteiger partial charge in [-0.25, -0.2) is 13.4 Å². The van der Waals surface area contributed by atoms with Gasteiger partial charge in [0, 0.05) is 23.2 Å². The van der Waals surface area contributed by atoms with Crippen LogP contribution in [0.5, 0.6) is 0 Å². The van der Waals surface area contributed by atoms with E-state index >= 15 is 0 Å². The molecule has 0 fully saturated rings. The highest BCUT2D eigenvalue weighted by Gasteiger charge is 2.16. The zero-order valence-corrected chi connectivity index (χ0v) is 10.6. The maximum atomic E-state index is 11.2. The Labute approximate surface area is 102 Å². The van der Waals surface area contributed by atoms with E-state index in [9.17, 15) is 18.0 Å². The van der Waals surface area contributed by atoms with Crippen molar-refractivity contribution in [1.29, 1.82) is 0 Å². The first-order chi connectivity index (χ1) is 7.70. The Bertz CT molecular complexity index is 583. The van der Waals surface area contributed by atoms with Crippen LogP contribution in [0.2, 0.25) is 0 Å². The van der Waals surface area contributed by atoms with Crippen LogP contribution >= 0.6 is 10.7 Å². The van der Waals surface area contributed by atoms with Crippen LogP contribution < -0.4 is 5.32 Å². The normalized spacial score (nSPS) is 11.0. The Morgan fingerprint density at radius 1 is 1.29 bits per heavy atom. The first kappa shape index (κ1) is 13.6. The molecule has 1 heterocycles. The van der Waals surface area contributed by atoms with Gasteiger partial charge >= 0.3 is 0 Å². The second-order valence-electron chi connectivity index (χ2n) is 3.25. The Morgan fingerprint density at radius 3 is 2.29 bits per heavy atom. The summed E-state index contributed by atoms with van der Waals surface area (Å²) in [6, 6.07) is 2.32. The largest absolute Gasteiger partial charge is 0.311 e. The van der Waals surface area contributed by atoms with Gasteiger partial charge in [0.05, 0.1) is 0 Å². The number of carbonyl (C=O) groups excluding carboxylic acids is 2. The fraction of sp³-hybridized carbons (Fsp3) is 0.222. The van der Waals surface area contributed by atoms with Crippen LogP contribution in [0.15, 0.2) is 17.2 Å². The quantitative estimate of drug-likeness (QED) is 0.661. The smallest absolute Gasteiger partial charge is 0.278 e. The Kier molecular flexibility index (Phi) is 3.84. The van der Waals surface area contributed by atoms with Crippen molar-refractivity contribution in [3.8, 4) is 0 Å². The molecule has 0 saturated heterocycles. The lowest BCUT2D eigenvalue weighted by atomic mass is 10.2. The predicted molar refractivity (Wildman–Crippen MR) is 61.6 cm³/mol. The Morgan fingerprint density at radius 2 is 1.88 bits per heavy atom. The topological polar surface area (TPSA) is 93.2 Å². The summed E-state index contributed by atoms with van der Waals surface area (Å²) in [5.41, 5.74) is 0.1000. The summed E-state index contributed by atoms with van der Waals surface area (Å²) in [5.74, 6) is -0.832. The van der Waals surface area contributed by atoms with Crippen LogP contribution in [0, 0.1) is 0 Å². The summed E-state index contributed by atoms with van der Waals surface area (Å²) in [6.07, 6.45) is 0. The van der Waals surface area contributed by atoms with Crippen molar-refractivity contribution in [1.82, 2.24) is 4.98 Å². The number of anilines is 1. The summed E-state index contributed by atoms with van der Waals surface area (Å²) >= 11 is 0. The van der Waals surface area contributed by atoms with E-state index in [1.165, 1.54) is 19.9 Å². The number of hydrogen-bond acceptors (Lipinski definition) is 5. The van der Waals surface area contributed by atoms with Gasteiger partial charge in [0.2, 0.25) is 5.91 Å². The minimum atomic E-state index is -4.06. The summed E-state index contributed by atoms with van der Waals surface area (Å²) < 4.78 is 22.2. The van der Waals surface area contributed by atoms with Gasteiger partial charge in [-0.2, -0.15) is 0 Å². The molecule has 17 heavy (non-hydrogen) atoms. The summed E-state index contributed by atoms with van der Waals surface area (Å²) in [4.78, 5) is 25.6. The molecule has 6 nitrogen and oxygen atoms in total. The van der Waals surface area contributed by atoms with Crippen molar-refractivity contribution in [2.75, 3.05) is 5.32 Å². The zero-order chi connectivity index (χ0) is 13.2. The van der Waals surface area contributed by atoms with E-state index in [-0.39, 0.29) is 17.2 Å². The molecule has 0 radical (unpaired) electrons. The van der Waals surface area contributed by atoms with Crippen molar-refractivity contribution in [2.24, 2.45) is 0 Å². The number of nitrogens with zero attached hydrogens (tertiary/aromatic N) is 1. The standard InChI is InChI=1S/C9H9ClN2O4S/c1-5(13)7-3-8(11-6(2)14)12-9(4-7)17(10,15)16/h3-4H,1-2H3,(H,11,12,14). The molecule has 1 amide bonds. The number of halogens is 1. The van der Waals surface area contributed by atoms with Crippen LogP contribution in [-0.2, 0) is 13.8 Å². The van der Waals surface area contributed by atoms with Crippen LogP contribution in [0.25, 0.3) is 0 Å². The fourth-order valence-corrected chi connectivity index (χ4v) is 1.79. The first-order valence-corrected chi connectivity index (χ1v) is 6.76. The molecule has 0 bridgehead atoms. The summed E-state index contributed by atoms with van der Waals surface area (Å²) in [6.45, 7) is 2.49. The molecule has 0 spiro atoms. The molecule has 0 aliphatic carbocycles. The number of pyridine rings is 1. The molecule has 92 valence electrons. The van der Waals surface area contributed by atoms with E-state index in [1.807, 2.05) is 0 Å². The van der Waals surface area contributed by atoms with Gasteiger partial charge in [0.25, 0.3) is 9.05 Å². The van der Waals surface area contributed by atoms with Crippen molar-refractivity contribution < 1.29 is 18.0 Å². The Hall–Kier alpha value is -1.47. The van der Waals surface area contributed by atoms with Crippen LogP contribution in [0.4, 0.5) is 5.82 Å². The molecule has 0 saturated carbocycles. The van der Waals surface area contributed by atoms with Gasteiger partial charge in [0.15, 0.2) is 10.8 Å². The first-order valence-electron chi connectivity index (χ1n) is 4.45. The SMILES string of the molecule is CC(=O)Nc1cc(C(C)=O)cc(S(=O)(=O)Cl)n1. The van der Waals surface area contributed by atoms with Gasteiger partial charge in [-0.05, 0) is 19.1 Å². The third-order valence-corrected chi connectivity index (χ3v) is 2.95. The molecule has 1 rings (SSSR count). The number of Topliss-reactive ketones (excluding diaryl/α,β-unsaturated/α-hetero) is 1. The third-order valence-electron chi connectivity index (χ3n) is 1.76. The predicted octanol–water partition coefficient (Wildman–Crippen LogP) is 1.17. The molecule has 0 aliphatic rings. The van der Waals surface area contributed by atoms with E-state index in [4.69, 9.17) is 10.7 Å². The third kappa shape index (κ3) is 3.79. The van der Waals surface area contributed by atoms with E-state index in [2.05, 4.69) is 10.3 Å². The maximum Gasteiger partial charge on any atom is 0.278 e. The number of nitrogens with one attached hydrogen (secondary N) is 1. The number of hydrogen-bond donors (Lipinski definition) is 1. The average molecular weight is 277 g/mol. The molecule has 0 unspecified atom stereocenters. The lowest BCUT2D eigenvalue weighted by Gasteiger charge is -2.05. The fourth-order valence-electron chi connectivity index (χ4n) is 1.08. The van der Waals surface area contributed by atoms with Crippen LogP contribution in [-0.4, -0.2) is 25.1 Å². The van der Waals surface area contributed by atoms with E-state index in [0.717, 1.165) is 6.07 Å². The van der Waals surface area contributed by atoms with Gasteiger partial charge in [-0.3, -0.25) is 9.59 Å². The van der Waals surface area contributed by atoms with E-state index < -0.39 is 20.0 Å². The molecule has 0 aliphatic heterocycles. The molecule has 8 heteroatoms. The second kappa shape index (κ2) is 4.80. The van der Waals surface area contributed by atoms with Gasteiger partial charge in [-0.15, -0.1) is 0 Å². The molecule has 1 N–H and O–H groups in total. The van der Waals surface area contributed by atoms with Crippen molar-refractivity contribution >= 4 is 37.2 Å². The number of ketones is 1. The van der Waals surface area contributed by atoms with Crippen LogP contribution in [0.1, 0.15) is 24.2 Å². The van der Waals surface area contributed by atoms with E-state index in [1.54, 1.807) is 0 Å². The highest BCUT2D eigenvalue weighted by Crippen LogP contribution is 2.18. The molecular formula is C9H9ClN2O4S. The van der Waals surface area contributed by atoms with Gasteiger partial charge < -0.3 is 5.32 Å². The number of rotatable bonds is 3. The van der Waals surface area contributed by atoms with Crippen molar-refractivity contribution in [3.63, 3.8) is 0 Å². The van der Waals surface area contributed by atoms with Gasteiger partial charge in [0.1, 0.15) is 5.82 Å². The summed E-state index contributed by atoms with van der Waals surface area (Å²) in [7, 11) is 1.07. The highest BCUT2D eigenvalue weighted by molar-refractivity contribution is 8.13. The van der Waals surface area contributed by atoms with Gasteiger partial charge in [-0.1, -0.05) is 0 Å². The Balaban J connectivity index is 3.39. The molecule has 0 aromatic carbocycles. The van der Waals surface area contributed by atoms with Crippen molar-refractivity contribution in [2.45, 2.75) is 18.9 Å². The maximum absolute atomic E-state index is 11.2. The number of aromatic nitrogens is 1. The molecule has 1 aromatic rings. The molecular weight excluding hydrogens is 268 g/mol. The lowest BCUT2D eigenvalue weighted by molar-refractivity contribution is -0.114. The molecule has 0 atom stereocenters.